The first-order valence-electron chi connectivity index (χ1n) is 6.13. The van der Waals surface area contributed by atoms with Crippen molar-refractivity contribution >= 4 is 0 Å². The summed E-state index contributed by atoms with van der Waals surface area (Å²) in [5, 5.41) is 0. The molecule has 2 nitrogen and oxygen atoms in total. The zero-order chi connectivity index (χ0) is 12.1. The minimum Gasteiger partial charge on any atom is -0.330 e. The van der Waals surface area contributed by atoms with Crippen LogP contribution < -0.4 is 5.73 Å². The van der Waals surface area contributed by atoms with Gasteiger partial charge in [0.25, 0.3) is 0 Å². The molecule has 2 N–H and O–H groups in total. The first-order chi connectivity index (χ1) is 6.74. The van der Waals surface area contributed by atoms with E-state index in [0.717, 1.165) is 19.0 Å². The largest absolute Gasteiger partial charge is 0.330 e. The molecule has 92 valence electrons. The van der Waals surface area contributed by atoms with Crippen molar-refractivity contribution < 1.29 is 0 Å². The van der Waals surface area contributed by atoms with E-state index >= 15 is 0 Å². The van der Waals surface area contributed by atoms with E-state index in [2.05, 4.69) is 46.6 Å². The Labute approximate surface area is 96.2 Å². The van der Waals surface area contributed by atoms with Crippen LogP contribution in [0, 0.1) is 17.3 Å². The van der Waals surface area contributed by atoms with Crippen molar-refractivity contribution in [1.29, 1.82) is 0 Å². The van der Waals surface area contributed by atoms with Crippen molar-refractivity contribution in [2.45, 2.75) is 41.0 Å². The van der Waals surface area contributed by atoms with Gasteiger partial charge < -0.3 is 10.6 Å². The van der Waals surface area contributed by atoms with Crippen LogP contribution in [0.5, 0.6) is 0 Å². The highest BCUT2D eigenvalue weighted by Crippen LogP contribution is 2.24. The highest BCUT2D eigenvalue weighted by atomic mass is 15.1. The number of hydrogen-bond donors (Lipinski definition) is 1. The molecule has 15 heavy (non-hydrogen) atoms. The van der Waals surface area contributed by atoms with Gasteiger partial charge >= 0.3 is 0 Å². The summed E-state index contributed by atoms with van der Waals surface area (Å²) < 4.78 is 0. The Bertz CT molecular complexity index is 158. The van der Waals surface area contributed by atoms with Crippen molar-refractivity contribution in [2.24, 2.45) is 23.0 Å². The summed E-state index contributed by atoms with van der Waals surface area (Å²) in [4.78, 5) is 2.41. The Morgan fingerprint density at radius 1 is 1.13 bits per heavy atom. The summed E-state index contributed by atoms with van der Waals surface area (Å²) in [6, 6.07) is 0. The van der Waals surface area contributed by atoms with Crippen molar-refractivity contribution in [3.05, 3.63) is 0 Å². The van der Waals surface area contributed by atoms with Crippen LogP contribution in [0.15, 0.2) is 0 Å². The molecule has 0 rings (SSSR count). The molecule has 0 saturated carbocycles. The van der Waals surface area contributed by atoms with Crippen LogP contribution >= 0.6 is 0 Å². The molecule has 0 heterocycles. The highest BCUT2D eigenvalue weighted by Gasteiger charge is 2.19. The molecule has 0 amide bonds. The maximum Gasteiger partial charge on any atom is 0.00190 e. The van der Waals surface area contributed by atoms with E-state index in [1.165, 1.54) is 13.0 Å². The number of rotatable bonds is 6. The summed E-state index contributed by atoms with van der Waals surface area (Å²) in [5.41, 5.74) is 6.22. The van der Waals surface area contributed by atoms with Crippen LogP contribution in [0.3, 0.4) is 0 Å². The molecule has 0 aromatic carbocycles. The fraction of sp³-hybridized carbons (Fsp3) is 1.00. The maximum atomic E-state index is 5.83. The van der Waals surface area contributed by atoms with Crippen molar-refractivity contribution in [2.75, 3.05) is 26.7 Å². The summed E-state index contributed by atoms with van der Waals surface area (Å²) >= 11 is 0. The number of nitrogens with zero attached hydrogens (tertiary/aromatic N) is 1. The van der Waals surface area contributed by atoms with E-state index in [0.29, 0.717) is 11.3 Å². The molecule has 0 bridgehead atoms. The lowest BCUT2D eigenvalue weighted by Crippen LogP contribution is -2.34. The third-order valence-electron chi connectivity index (χ3n) is 2.48. The normalized spacial score (nSPS) is 15.0. The van der Waals surface area contributed by atoms with E-state index in [-0.39, 0.29) is 0 Å². The SMILES string of the molecule is CC(C)CN(C)CC(CN)CC(C)(C)C. The predicted molar refractivity (Wildman–Crippen MR) is 69.0 cm³/mol. The molecule has 1 unspecified atom stereocenters. The van der Waals surface area contributed by atoms with E-state index in [1.807, 2.05) is 0 Å². The molecule has 0 aromatic rings. The van der Waals surface area contributed by atoms with Gasteiger partial charge in [-0.1, -0.05) is 34.6 Å². The molecule has 0 aromatic heterocycles. The third kappa shape index (κ3) is 8.88. The predicted octanol–water partition coefficient (Wildman–Crippen LogP) is 2.59. The highest BCUT2D eigenvalue weighted by molar-refractivity contribution is 4.72. The Morgan fingerprint density at radius 2 is 1.67 bits per heavy atom. The van der Waals surface area contributed by atoms with Crippen molar-refractivity contribution in [3.8, 4) is 0 Å². The van der Waals surface area contributed by atoms with Crippen LogP contribution in [-0.4, -0.2) is 31.6 Å². The topological polar surface area (TPSA) is 29.3 Å². The van der Waals surface area contributed by atoms with Crippen LogP contribution in [0.25, 0.3) is 0 Å². The summed E-state index contributed by atoms with van der Waals surface area (Å²) in [7, 11) is 2.20. The molecular formula is C13H30N2. The molecule has 0 aliphatic rings. The third-order valence-corrected chi connectivity index (χ3v) is 2.48. The molecule has 0 aliphatic heterocycles. The van der Waals surface area contributed by atoms with Gasteiger partial charge in [0, 0.05) is 13.1 Å². The van der Waals surface area contributed by atoms with Gasteiger partial charge in [-0.25, -0.2) is 0 Å². The van der Waals surface area contributed by atoms with Gasteiger partial charge in [0.1, 0.15) is 0 Å². The van der Waals surface area contributed by atoms with Gasteiger partial charge in [0.05, 0.1) is 0 Å². The maximum absolute atomic E-state index is 5.83. The second kappa shape index (κ2) is 6.49. The molecule has 0 aliphatic carbocycles. The minimum atomic E-state index is 0.392. The van der Waals surface area contributed by atoms with E-state index in [9.17, 15) is 0 Å². The Morgan fingerprint density at radius 3 is 2.00 bits per heavy atom. The smallest absolute Gasteiger partial charge is 0.00190 e. The average molecular weight is 214 g/mol. The van der Waals surface area contributed by atoms with E-state index < -0.39 is 0 Å². The first-order valence-corrected chi connectivity index (χ1v) is 6.13. The average Bonchev–Trinajstić information content (AvgIpc) is 1.98. The van der Waals surface area contributed by atoms with Crippen molar-refractivity contribution in [1.82, 2.24) is 4.90 Å². The Balaban J connectivity index is 3.98. The first kappa shape index (κ1) is 14.9. The Kier molecular flexibility index (Phi) is 6.46. The fourth-order valence-electron chi connectivity index (χ4n) is 2.23. The standard InChI is InChI=1S/C13H30N2/c1-11(2)9-15(6)10-12(8-14)7-13(3,4)5/h11-12H,7-10,14H2,1-6H3. The zero-order valence-electron chi connectivity index (χ0n) is 11.5. The molecule has 0 radical (unpaired) electrons. The van der Waals surface area contributed by atoms with Gasteiger partial charge in [0.2, 0.25) is 0 Å². The quantitative estimate of drug-likeness (QED) is 0.736. The van der Waals surface area contributed by atoms with Gasteiger partial charge in [0.15, 0.2) is 0 Å². The van der Waals surface area contributed by atoms with E-state index in [4.69, 9.17) is 5.73 Å². The summed E-state index contributed by atoms with van der Waals surface area (Å²) in [5.74, 6) is 1.37. The van der Waals surface area contributed by atoms with Gasteiger partial charge in [-0.05, 0) is 37.3 Å². The second-order valence-corrected chi connectivity index (χ2v) is 6.48. The van der Waals surface area contributed by atoms with Crippen LogP contribution in [-0.2, 0) is 0 Å². The zero-order valence-corrected chi connectivity index (χ0v) is 11.5. The fourth-order valence-corrected chi connectivity index (χ4v) is 2.23. The molecule has 0 spiro atoms. The van der Waals surface area contributed by atoms with Gasteiger partial charge in [-0.2, -0.15) is 0 Å². The molecule has 2 heteroatoms. The molecule has 0 fully saturated rings. The van der Waals surface area contributed by atoms with Gasteiger partial charge in [-0.15, -0.1) is 0 Å². The lowest BCUT2D eigenvalue weighted by atomic mass is 9.84. The Hall–Kier alpha value is -0.0800. The lowest BCUT2D eigenvalue weighted by molar-refractivity contribution is 0.208. The molecule has 0 saturated heterocycles. The minimum absolute atomic E-state index is 0.392. The van der Waals surface area contributed by atoms with Crippen LogP contribution in [0.4, 0.5) is 0 Å². The van der Waals surface area contributed by atoms with Crippen LogP contribution in [0.2, 0.25) is 0 Å². The lowest BCUT2D eigenvalue weighted by Gasteiger charge is -2.29. The monoisotopic (exact) mass is 214 g/mol. The number of hydrogen-bond acceptors (Lipinski definition) is 2. The number of nitrogens with two attached hydrogens (primary N) is 1. The van der Waals surface area contributed by atoms with E-state index in [1.54, 1.807) is 0 Å². The van der Waals surface area contributed by atoms with Gasteiger partial charge in [-0.3, -0.25) is 0 Å². The molecule has 1 atom stereocenters. The van der Waals surface area contributed by atoms with Crippen LogP contribution in [0.1, 0.15) is 41.0 Å². The summed E-state index contributed by atoms with van der Waals surface area (Å²) in [6.45, 7) is 14.5. The summed E-state index contributed by atoms with van der Waals surface area (Å²) in [6.07, 6.45) is 1.21. The molecular weight excluding hydrogens is 184 g/mol. The van der Waals surface area contributed by atoms with Crippen molar-refractivity contribution in [3.63, 3.8) is 0 Å². The second-order valence-electron chi connectivity index (χ2n) is 6.48.